The Kier molecular flexibility index (Phi) is 4.44. The standard InChI is InChI=1S/C22H23FN2O3/c1-14(26)12-21-7-3-8-22(21,13-21)20(27)25-19-10-15(6-9-24-19)17-5-4-16(23)11-18(17)28-2/h4-6,9-11H,3,7-8,12-13H2,1-2H3,(H,24,25,27)/t21-,22?/m0/s1. The van der Waals surface area contributed by atoms with E-state index in [1.54, 1.807) is 31.3 Å². The Morgan fingerprint density at radius 3 is 2.82 bits per heavy atom. The minimum Gasteiger partial charge on any atom is -0.496 e. The van der Waals surface area contributed by atoms with Crippen LogP contribution >= 0.6 is 0 Å². The molecule has 0 aliphatic heterocycles. The summed E-state index contributed by atoms with van der Waals surface area (Å²) in [4.78, 5) is 29.0. The van der Waals surface area contributed by atoms with Crippen LogP contribution in [0.3, 0.4) is 0 Å². The first kappa shape index (κ1) is 18.6. The number of nitrogens with zero attached hydrogens (tertiary/aromatic N) is 1. The van der Waals surface area contributed by atoms with Crippen molar-refractivity contribution in [1.82, 2.24) is 4.98 Å². The number of hydrogen-bond donors (Lipinski definition) is 1. The molecule has 0 spiro atoms. The smallest absolute Gasteiger partial charge is 0.232 e. The van der Waals surface area contributed by atoms with Crippen LogP contribution in [0, 0.1) is 16.6 Å². The van der Waals surface area contributed by atoms with Crippen LogP contribution in [0.25, 0.3) is 11.1 Å². The second-order valence-corrected chi connectivity index (χ2v) is 8.00. The number of nitrogens with one attached hydrogen (secondary N) is 1. The molecule has 2 aliphatic carbocycles. The fourth-order valence-corrected chi connectivity index (χ4v) is 4.98. The number of pyridine rings is 1. The van der Waals surface area contributed by atoms with E-state index in [2.05, 4.69) is 10.3 Å². The maximum Gasteiger partial charge on any atom is 0.232 e. The van der Waals surface area contributed by atoms with Gasteiger partial charge in [0.25, 0.3) is 0 Å². The Bertz CT molecular complexity index is 961. The lowest BCUT2D eigenvalue weighted by Gasteiger charge is -2.17. The van der Waals surface area contributed by atoms with E-state index in [9.17, 15) is 14.0 Å². The molecule has 2 aliphatic rings. The van der Waals surface area contributed by atoms with Gasteiger partial charge in [-0.25, -0.2) is 9.37 Å². The molecule has 0 radical (unpaired) electrons. The van der Waals surface area contributed by atoms with Crippen LogP contribution in [-0.4, -0.2) is 23.8 Å². The topological polar surface area (TPSA) is 68.3 Å². The summed E-state index contributed by atoms with van der Waals surface area (Å²) in [5.41, 5.74) is 0.889. The molecule has 4 rings (SSSR count). The van der Waals surface area contributed by atoms with Gasteiger partial charge >= 0.3 is 0 Å². The number of ether oxygens (including phenoxy) is 1. The Balaban J connectivity index is 1.57. The maximum atomic E-state index is 13.5. The molecule has 1 unspecified atom stereocenters. The third-order valence-corrected chi connectivity index (χ3v) is 6.29. The van der Waals surface area contributed by atoms with Crippen LogP contribution in [0.15, 0.2) is 36.5 Å². The van der Waals surface area contributed by atoms with Gasteiger partial charge in [0.15, 0.2) is 0 Å². The number of fused-ring (bicyclic) bond motifs is 1. The molecule has 2 fully saturated rings. The third-order valence-electron chi connectivity index (χ3n) is 6.29. The van der Waals surface area contributed by atoms with Crippen molar-refractivity contribution in [3.05, 3.63) is 42.3 Å². The molecule has 28 heavy (non-hydrogen) atoms. The number of hydrogen-bond acceptors (Lipinski definition) is 4. The molecular formula is C22H23FN2O3. The molecule has 5 nitrogen and oxygen atoms in total. The molecule has 2 aromatic rings. The first-order valence-corrected chi connectivity index (χ1v) is 9.50. The number of amides is 1. The zero-order valence-electron chi connectivity index (χ0n) is 16.0. The molecular weight excluding hydrogens is 359 g/mol. The summed E-state index contributed by atoms with van der Waals surface area (Å²) in [6, 6.07) is 7.88. The van der Waals surface area contributed by atoms with E-state index in [4.69, 9.17) is 4.74 Å². The molecule has 146 valence electrons. The van der Waals surface area contributed by atoms with Crippen LogP contribution in [0.1, 0.15) is 39.0 Å². The van der Waals surface area contributed by atoms with Crippen molar-refractivity contribution < 1.29 is 18.7 Å². The van der Waals surface area contributed by atoms with Crippen molar-refractivity contribution in [3.63, 3.8) is 0 Å². The molecule has 0 saturated heterocycles. The molecule has 1 amide bonds. The number of aromatic nitrogens is 1. The first-order valence-electron chi connectivity index (χ1n) is 9.50. The number of carbonyl (C=O) groups excluding carboxylic acids is 2. The number of Topliss-reactive ketones (excluding diaryl/α,β-unsaturated/α-hetero) is 1. The minimum absolute atomic E-state index is 0.0537. The van der Waals surface area contributed by atoms with Crippen LogP contribution in [0.5, 0.6) is 5.75 Å². The highest BCUT2D eigenvalue weighted by atomic mass is 19.1. The van der Waals surface area contributed by atoms with E-state index in [0.29, 0.717) is 18.0 Å². The molecule has 2 saturated carbocycles. The molecule has 1 aromatic heterocycles. The summed E-state index contributed by atoms with van der Waals surface area (Å²) in [6.45, 7) is 1.59. The average Bonchev–Trinajstić information content (AvgIpc) is 3.15. The summed E-state index contributed by atoms with van der Waals surface area (Å²) in [5.74, 6) is 0.570. The van der Waals surface area contributed by atoms with E-state index in [1.165, 1.54) is 19.2 Å². The van der Waals surface area contributed by atoms with Crippen molar-refractivity contribution in [3.8, 4) is 16.9 Å². The fraction of sp³-hybridized carbons (Fsp3) is 0.409. The highest BCUT2D eigenvalue weighted by Gasteiger charge is 2.73. The highest BCUT2D eigenvalue weighted by molar-refractivity contribution is 5.99. The number of carbonyl (C=O) groups is 2. The Hall–Kier alpha value is -2.76. The molecule has 1 aromatic carbocycles. The third kappa shape index (κ3) is 2.97. The Morgan fingerprint density at radius 2 is 2.07 bits per heavy atom. The molecule has 6 heteroatoms. The van der Waals surface area contributed by atoms with Crippen LogP contribution < -0.4 is 10.1 Å². The highest BCUT2D eigenvalue weighted by Crippen LogP contribution is 2.75. The monoisotopic (exact) mass is 382 g/mol. The Morgan fingerprint density at radius 1 is 1.25 bits per heavy atom. The normalized spacial score (nSPS) is 25.1. The molecule has 0 bridgehead atoms. The maximum absolute atomic E-state index is 13.5. The summed E-state index contributed by atoms with van der Waals surface area (Å²) in [7, 11) is 1.49. The number of benzene rings is 1. The van der Waals surface area contributed by atoms with E-state index in [1.807, 2.05) is 0 Å². The van der Waals surface area contributed by atoms with Gasteiger partial charge in [0.2, 0.25) is 5.91 Å². The second kappa shape index (κ2) is 6.69. The summed E-state index contributed by atoms with van der Waals surface area (Å²) in [5, 5.41) is 2.95. The van der Waals surface area contributed by atoms with Gasteiger partial charge in [0.05, 0.1) is 12.5 Å². The average molecular weight is 382 g/mol. The van der Waals surface area contributed by atoms with Crippen LogP contribution in [-0.2, 0) is 9.59 Å². The first-order chi connectivity index (χ1) is 13.4. The van der Waals surface area contributed by atoms with E-state index < -0.39 is 5.41 Å². The number of halogens is 1. The number of ketones is 1. The van der Waals surface area contributed by atoms with Crippen molar-refractivity contribution in [2.45, 2.75) is 39.0 Å². The zero-order chi connectivity index (χ0) is 19.9. The quantitative estimate of drug-likeness (QED) is 0.805. The van der Waals surface area contributed by atoms with Gasteiger partial charge in [-0.05, 0) is 61.4 Å². The van der Waals surface area contributed by atoms with Crippen molar-refractivity contribution in [2.24, 2.45) is 10.8 Å². The van der Waals surface area contributed by atoms with E-state index in [0.717, 1.165) is 36.8 Å². The van der Waals surface area contributed by atoms with Gasteiger partial charge in [-0.2, -0.15) is 0 Å². The van der Waals surface area contributed by atoms with Crippen LogP contribution in [0.4, 0.5) is 10.2 Å². The largest absolute Gasteiger partial charge is 0.496 e. The minimum atomic E-state index is -0.441. The fourth-order valence-electron chi connectivity index (χ4n) is 4.98. The van der Waals surface area contributed by atoms with Crippen LogP contribution in [0.2, 0.25) is 0 Å². The second-order valence-electron chi connectivity index (χ2n) is 8.00. The predicted octanol–water partition coefficient (Wildman–Crippen LogP) is 4.37. The van der Waals surface area contributed by atoms with E-state index in [-0.39, 0.29) is 22.9 Å². The zero-order valence-corrected chi connectivity index (χ0v) is 16.0. The Labute approximate surface area is 163 Å². The summed E-state index contributed by atoms with van der Waals surface area (Å²) >= 11 is 0. The van der Waals surface area contributed by atoms with Gasteiger partial charge in [0.1, 0.15) is 23.2 Å². The van der Waals surface area contributed by atoms with Gasteiger partial charge < -0.3 is 14.8 Å². The predicted molar refractivity (Wildman–Crippen MR) is 103 cm³/mol. The van der Waals surface area contributed by atoms with Gasteiger partial charge in [-0.1, -0.05) is 6.42 Å². The van der Waals surface area contributed by atoms with Crippen molar-refractivity contribution >= 4 is 17.5 Å². The summed E-state index contributed by atoms with van der Waals surface area (Å²) < 4.78 is 18.8. The SMILES string of the molecule is COc1cc(F)ccc1-c1ccnc(NC(=O)C23CCC[C@]2(CC(C)=O)C3)c1. The lowest BCUT2D eigenvalue weighted by atomic mass is 9.90. The summed E-state index contributed by atoms with van der Waals surface area (Å²) in [6.07, 6.45) is 5.58. The van der Waals surface area contributed by atoms with E-state index >= 15 is 0 Å². The molecule has 2 atom stereocenters. The number of anilines is 1. The van der Waals surface area contributed by atoms with Gasteiger partial charge in [-0.3, -0.25) is 4.79 Å². The van der Waals surface area contributed by atoms with Crippen molar-refractivity contribution in [2.75, 3.05) is 12.4 Å². The number of rotatable bonds is 6. The lowest BCUT2D eigenvalue weighted by molar-refractivity contribution is -0.122. The van der Waals surface area contributed by atoms with Crippen molar-refractivity contribution in [1.29, 1.82) is 0 Å². The molecule has 1 heterocycles. The lowest BCUT2D eigenvalue weighted by Crippen LogP contribution is -2.28. The number of methoxy groups -OCH3 is 1. The van der Waals surface area contributed by atoms with Gasteiger partial charge in [-0.15, -0.1) is 0 Å². The molecule has 1 N–H and O–H groups in total. The van der Waals surface area contributed by atoms with Gasteiger partial charge in [0, 0.05) is 24.2 Å².